The molecule has 0 fully saturated rings. The molecule has 0 atom stereocenters. The second-order valence-corrected chi connectivity index (χ2v) is 3.18. The largest absolute Gasteiger partial charge is 0.759 e. The third-order valence-corrected chi connectivity index (χ3v) is 1.01. The number of hydrogen-bond acceptors (Lipinski definition) is 7. The highest BCUT2D eigenvalue weighted by molar-refractivity contribution is 7.79. The van der Waals surface area contributed by atoms with Crippen molar-refractivity contribution in [3.05, 3.63) is 18.6 Å². The molecule has 1 aromatic rings. The van der Waals surface area contributed by atoms with Crippen molar-refractivity contribution in [3.63, 3.8) is 0 Å². The Morgan fingerprint density at radius 1 is 1.29 bits per heavy atom. The molecule has 1 heterocycles. The van der Waals surface area contributed by atoms with Gasteiger partial charge in [-0.25, -0.2) is 4.98 Å². The number of anilines is 1. The first-order valence-electron chi connectivity index (χ1n) is 3.40. The molecular weight excluding hydrogens is 210 g/mol. The van der Waals surface area contributed by atoms with Crippen LogP contribution in [0.15, 0.2) is 18.6 Å². The highest BCUT2D eigenvalue weighted by Crippen LogP contribution is 1.99. The number of hydrogen-bond donors (Lipinski definition) is 0. The predicted octanol–water partition coefficient (Wildman–Crippen LogP) is -0.795. The minimum absolute atomic E-state index is 0.887. The third-order valence-electron chi connectivity index (χ3n) is 1.01. The molecule has 0 aliphatic rings. The van der Waals surface area contributed by atoms with Crippen LogP contribution in [0, 0.1) is 0 Å². The fourth-order valence-corrected chi connectivity index (χ4v) is 0.522. The molecule has 0 radical (unpaired) electrons. The highest BCUT2D eigenvalue weighted by Gasteiger charge is 1.90. The average molecular weight is 219 g/mol. The second-order valence-electron chi connectivity index (χ2n) is 2.37. The normalized spacial score (nSPS) is 10.0. The molecule has 0 saturated carbocycles. The van der Waals surface area contributed by atoms with E-state index >= 15 is 0 Å². The van der Waals surface area contributed by atoms with Gasteiger partial charge in [0, 0.05) is 36.9 Å². The van der Waals surface area contributed by atoms with E-state index in [4.69, 9.17) is 17.5 Å². The maximum absolute atomic E-state index is 8.52. The van der Waals surface area contributed by atoms with Crippen LogP contribution >= 0.6 is 0 Å². The monoisotopic (exact) mass is 219 g/mol. The Bertz CT molecular complexity index is 343. The van der Waals surface area contributed by atoms with Gasteiger partial charge in [0.25, 0.3) is 0 Å². The van der Waals surface area contributed by atoms with Crippen molar-refractivity contribution in [2.75, 3.05) is 19.0 Å². The maximum atomic E-state index is 8.52. The van der Waals surface area contributed by atoms with Crippen molar-refractivity contribution < 1.29 is 17.5 Å². The number of nitrogens with zero attached hydrogens (tertiary/aromatic N) is 3. The van der Waals surface area contributed by atoms with Gasteiger partial charge >= 0.3 is 0 Å². The Balaban J connectivity index is 0.000000292. The standard InChI is InChI=1S/C6H9N3.H2O4S/c1-9(2)6-5-7-3-4-8-6;1-5(2,3)4/h3-5H,1-2H3;(H2,1,2,3,4)/p-2. The molecule has 8 heteroatoms. The first kappa shape index (κ1) is 12.8. The lowest BCUT2D eigenvalue weighted by Crippen LogP contribution is -2.10. The fraction of sp³-hybridized carbons (Fsp3) is 0.333. The smallest absolute Gasteiger partial charge is 0.146 e. The Morgan fingerprint density at radius 2 is 1.79 bits per heavy atom. The van der Waals surface area contributed by atoms with Crippen LogP contribution in [0.3, 0.4) is 0 Å². The molecule has 0 aliphatic heterocycles. The average Bonchev–Trinajstić information content (AvgIpc) is 2.03. The van der Waals surface area contributed by atoms with Crippen molar-refractivity contribution in [1.29, 1.82) is 0 Å². The summed E-state index contributed by atoms with van der Waals surface area (Å²) in [6.07, 6.45) is 5.06. The molecule has 14 heavy (non-hydrogen) atoms. The number of aromatic nitrogens is 2. The van der Waals surface area contributed by atoms with Crippen LogP contribution < -0.4 is 4.90 Å². The Kier molecular flexibility index (Phi) is 4.99. The summed E-state index contributed by atoms with van der Waals surface area (Å²) >= 11 is 0. The molecule has 0 N–H and O–H groups in total. The third kappa shape index (κ3) is 8.84. The summed E-state index contributed by atoms with van der Waals surface area (Å²) in [6, 6.07) is 0. The Labute approximate surface area is 82.0 Å². The van der Waals surface area contributed by atoms with Gasteiger partial charge in [0.15, 0.2) is 0 Å². The van der Waals surface area contributed by atoms with Gasteiger partial charge in [0.1, 0.15) is 5.82 Å². The van der Waals surface area contributed by atoms with Crippen molar-refractivity contribution in [2.45, 2.75) is 0 Å². The summed E-state index contributed by atoms with van der Waals surface area (Å²) in [6.45, 7) is 0. The van der Waals surface area contributed by atoms with Gasteiger partial charge in [0.05, 0.1) is 6.20 Å². The summed E-state index contributed by atoms with van der Waals surface area (Å²) in [5.74, 6) is 0.887. The molecule has 0 aliphatic carbocycles. The van der Waals surface area contributed by atoms with Gasteiger partial charge < -0.3 is 14.0 Å². The van der Waals surface area contributed by atoms with Crippen LogP contribution in [0.2, 0.25) is 0 Å². The van der Waals surface area contributed by atoms with Crippen molar-refractivity contribution in [1.82, 2.24) is 9.97 Å². The van der Waals surface area contributed by atoms with E-state index in [1.165, 1.54) is 0 Å². The van der Waals surface area contributed by atoms with Crippen LogP contribution in [0.1, 0.15) is 0 Å². The molecule has 1 aromatic heterocycles. The summed E-state index contributed by atoms with van der Waals surface area (Å²) < 4.78 is 34.1. The molecule has 0 aromatic carbocycles. The first-order chi connectivity index (χ1) is 6.30. The van der Waals surface area contributed by atoms with Crippen LogP contribution in [0.5, 0.6) is 0 Å². The van der Waals surface area contributed by atoms with Crippen LogP contribution in [0.4, 0.5) is 5.82 Å². The Morgan fingerprint density at radius 3 is 2.00 bits per heavy atom. The SMILES string of the molecule is CN(C)c1cnccn1.O=S(=O)([O-])[O-]. The molecule has 7 nitrogen and oxygen atoms in total. The van der Waals surface area contributed by atoms with E-state index < -0.39 is 10.4 Å². The zero-order valence-electron chi connectivity index (χ0n) is 7.61. The lowest BCUT2D eigenvalue weighted by Gasteiger charge is -2.08. The minimum atomic E-state index is -5.17. The van der Waals surface area contributed by atoms with Gasteiger partial charge in [-0.05, 0) is 0 Å². The lowest BCUT2D eigenvalue weighted by molar-refractivity contribution is 0.352. The number of rotatable bonds is 1. The zero-order valence-corrected chi connectivity index (χ0v) is 8.43. The van der Waals surface area contributed by atoms with E-state index in [1.54, 1.807) is 18.6 Å². The van der Waals surface area contributed by atoms with E-state index in [0.29, 0.717) is 0 Å². The van der Waals surface area contributed by atoms with Crippen LogP contribution in [-0.2, 0) is 10.4 Å². The fourth-order valence-electron chi connectivity index (χ4n) is 0.522. The van der Waals surface area contributed by atoms with Gasteiger partial charge in [-0.15, -0.1) is 0 Å². The van der Waals surface area contributed by atoms with Gasteiger partial charge in [-0.3, -0.25) is 13.4 Å². The molecule has 1 rings (SSSR count). The van der Waals surface area contributed by atoms with Crippen LogP contribution in [-0.4, -0.2) is 41.6 Å². The molecular formula is C6H9N3O4S-2. The van der Waals surface area contributed by atoms with Crippen molar-refractivity contribution in [3.8, 4) is 0 Å². The molecule has 0 amide bonds. The molecule has 80 valence electrons. The van der Waals surface area contributed by atoms with Gasteiger partial charge in [-0.2, -0.15) is 0 Å². The van der Waals surface area contributed by atoms with Gasteiger partial charge in [0.2, 0.25) is 0 Å². The lowest BCUT2D eigenvalue weighted by atomic mass is 10.6. The highest BCUT2D eigenvalue weighted by atomic mass is 32.3. The predicted molar refractivity (Wildman–Crippen MR) is 46.8 cm³/mol. The molecule has 0 bridgehead atoms. The van der Waals surface area contributed by atoms with Crippen LogP contribution in [0.25, 0.3) is 0 Å². The zero-order chi connectivity index (χ0) is 11.2. The van der Waals surface area contributed by atoms with E-state index in [9.17, 15) is 0 Å². The molecule has 0 unspecified atom stereocenters. The van der Waals surface area contributed by atoms with Crippen molar-refractivity contribution in [2.24, 2.45) is 0 Å². The van der Waals surface area contributed by atoms with Crippen molar-refractivity contribution >= 4 is 16.2 Å². The summed E-state index contributed by atoms with van der Waals surface area (Å²) in [5.41, 5.74) is 0. The summed E-state index contributed by atoms with van der Waals surface area (Å²) in [4.78, 5) is 9.85. The summed E-state index contributed by atoms with van der Waals surface area (Å²) in [5, 5.41) is 0. The summed E-state index contributed by atoms with van der Waals surface area (Å²) in [7, 11) is -1.30. The minimum Gasteiger partial charge on any atom is -0.759 e. The van der Waals surface area contributed by atoms with E-state index in [0.717, 1.165) is 5.82 Å². The molecule has 0 saturated heterocycles. The first-order valence-corrected chi connectivity index (χ1v) is 4.74. The Hall–Kier alpha value is -1.25. The van der Waals surface area contributed by atoms with Gasteiger partial charge in [-0.1, -0.05) is 0 Å². The molecule has 0 spiro atoms. The van der Waals surface area contributed by atoms with E-state index in [1.807, 2.05) is 19.0 Å². The topological polar surface area (TPSA) is 109 Å². The van der Waals surface area contributed by atoms with E-state index in [2.05, 4.69) is 9.97 Å². The second kappa shape index (κ2) is 5.47. The van der Waals surface area contributed by atoms with E-state index in [-0.39, 0.29) is 0 Å². The quantitative estimate of drug-likeness (QED) is 0.449. The maximum Gasteiger partial charge on any atom is 0.146 e.